The van der Waals surface area contributed by atoms with Gasteiger partial charge in [0.1, 0.15) is 5.65 Å². The van der Waals surface area contributed by atoms with E-state index < -0.39 is 0 Å². The predicted octanol–water partition coefficient (Wildman–Crippen LogP) is 4.74. The van der Waals surface area contributed by atoms with Gasteiger partial charge in [0.25, 0.3) is 0 Å². The molecule has 0 fully saturated rings. The Labute approximate surface area is 132 Å². The van der Waals surface area contributed by atoms with Crippen molar-refractivity contribution < 1.29 is 4.74 Å². The van der Waals surface area contributed by atoms with E-state index in [9.17, 15) is 0 Å². The van der Waals surface area contributed by atoms with Crippen molar-refractivity contribution in [1.29, 1.82) is 0 Å². The number of thiophene rings is 1. The van der Waals surface area contributed by atoms with Crippen molar-refractivity contribution in [3.8, 4) is 28.3 Å². The van der Waals surface area contributed by atoms with Gasteiger partial charge in [0.15, 0.2) is 5.88 Å². The predicted molar refractivity (Wildman–Crippen MR) is 90.5 cm³/mol. The van der Waals surface area contributed by atoms with Crippen LogP contribution in [-0.4, -0.2) is 16.5 Å². The fraction of sp³-hybridized carbons (Fsp3) is 0.0556. The molecule has 0 radical (unpaired) electrons. The number of benzene rings is 1. The number of pyridine rings is 1. The first kappa shape index (κ1) is 13.1. The molecule has 22 heavy (non-hydrogen) atoms. The third-order valence-electron chi connectivity index (χ3n) is 3.71. The van der Waals surface area contributed by atoms with Crippen molar-refractivity contribution in [1.82, 2.24) is 9.38 Å². The zero-order chi connectivity index (χ0) is 14.9. The molecule has 4 rings (SSSR count). The average molecular weight is 306 g/mol. The summed E-state index contributed by atoms with van der Waals surface area (Å²) >= 11 is 1.68. The molecule has 0 aliphatic rings. The highest BCUT2D eigenvalue weighted by molar-refractivity contribution is 7.08. The molecule has 0 amide bonds. The molecule has 1 aromatic carbocycles. The lowest BCUT2D eigenvalue weighted by atomic mass is 10.1. The van der Waals surface area contributed by atoms with Gasteiger partial charge in [-0.1, -0.05) is 30.3 Å². The highest BCUT2D eigenvalue weighted by Gasteiger charge is 2.12. The fourth-order valence-electron chi connectivity index (χ4n) is 2.64. The summed E-state index contributed by atoms with van der Waals surface area (Å²) < 4.78 is 7.66. The van der Waals surface area contributed by atoms with Crippen LogP contribution >= 0.6 is 11.3 Å². The van der Waals surface area contributed by atoms with Gasteiger partial charge < -0.3 is 4.74 Å². The molecule has 0 unspecified atom stereocenters. The molecule has 0 aliphatic carbocycles. The Morgan fingerprint density at radius 1 is 1.00 bits per heavy atom. The Hall–Kier alpha value is -2.59. The molecule has 0 saturated heterocycles. The standard InChI is InChI=1S/C18H14N2OS/c1-21-18-10-15(13-5-3-2-4-6-13)9-17-19-11-16(20(17)18)14-7-8-22-12-14/h2-12H,1H3. The lowest BCUT2D eigenvalue weighted by molar-refractivity contribution is 0.393. The number of aromatic nitrogens is 2. The topological polar surface area (TPSA) is 26.5 Å². The van der Waals surface area contributed by atoms with Crippen molar-refractivity contribution in [3.05, 3.63) is 65.5 Å². The summed E-state index contributed by atoms with van der Waals surface area (Å²) in [6.07, 6.45) is 1.90. The zero-order valence-corrected chi connectivity index (χ0v) is 12.9. The van der Waals surface area contributed by atoms with Gasteiger partial charge in [0.2, 0.25) is 0 Å². The Morgan fingerprint density at radius 3 is 2.59 bits per heavy atom. The van der Waals surface area contributed by atoms with E-state index in [0.29, 0.717) is 0 Å². The van der Waals surface area contributed by atoms with E-state index in [1.165, 1.54) is 0 Å². The van der Waals surface area contributed by atoms with E-state index in [4.69, 9.17) is 4.74 Å². The molecule has 4 heteroatoms. The van der Waals surface area contributed by atoms with Crippen molar-refractivity contribution >= 4 is 17.0 Å². The first-order valence-corrected chi connectivity index (χ1v) is 7.94. The third kappa shape index (κ3) is 2.09. The number of methoxy groups -OCH3 is 1. The summed E-state index contributed by atoms with van der Waals surface area (Å²) in [5, 5.41) is 4.19. The zero-order valence-electron chi connectivity index (χ0n) is 12.1. The molecule has 0 atom stereocenters. The van der Waals surface area contributed by atoms with Crippen LogP contribution in [0.2, 0.25) is 0 Å². The summed E-state index contributed by atoms with van der Waals surface area (Å²) in [6.45, 7) is 0. The number of nitrogens with zero attached hydrogens (tertiary/aromatic N) is 2. The number of hydrogen-bond acceptors (Lipinski definition) is 3. The lowest BCUT2D eigenvalue weighted by Crippen LogP contribution is -1.96. The van der Waals surface area contributed by atoms with Crippen LogP contribution in [0.4, 0.5) is 0 Å². The molecule has 0 bridgehead atoms. The quantitative estimate of drug-likeness (QED) is 0.546. The maximum absolute atomic E-state index is 5.61. The van der Waals surface area contributed by atoms with Gasteiger partial charge in [-0.3, -0.25) is 4.40 Å². The number of rotatable bonds is 3. The highest BCUT2D eigenvalue weighted by Crippen LogP contribution is 2.31. The van der Waals surface area contributed by atoms with Crippen molar-refractivity contribution in [2.24, 2.45) is 0 Å². The Morgan fingerprint density at radius 2 is 1.86 bits per heavy atom. The minimum absolute atomic E-state index is 0.787. The van der Waals surface area contributed by atoms with Gasteiger partial charge in [-0.05, 0) is 28.6 Å². The molecule has 3 aromatic heterocycles. The van der Waals surface area contributed by atoms with Crippen LogP contribution < -0.4 is 4.74 Å². The molecule has 0 N–H and O–H groups in total. The monoisotopic (exact) mass is 306 g/mol. The maximum atomic E-state index is 5.61. The van der Waals surface area contributed by atoms with Gasteiger partial charge in [-0.15, -0.1) is 0 Å². The number of imidazole rings is 1. The second-order valence-electron chi connectivity index (χ2n) is 5.00. The van der Waals surface area contributed by atoms with Crippen LogP contribution in [0.15, 0.2) is 65.5 Å². The molecule has 3 nitrogen and oxygen atoms in total. The van der Waals surface area contributed by atoms with Crippen LogP contribution in [0.3, 0.4) is 0 Å². The van der Waals surface area contributed by atoms with Gasteiger partial charge in [-0.25, -0.2) is 4.98 Å². The summed E-state index contributed by atoms with van der Waals surface area (Å²) in [7, 11) is 1.70. The summed E-state index contributed by atoms with van der Waals surface area (Å²) in [5.74, 6) is 0.787. The summed E-state index contributed by atoms with van der Waals surface area (Å²) in [4.78, 5) is 4.56. The number of ether oxygens (including phenoxy) is 1. The van der Waals surface area contributed by atoms with Crippen LogP contribution in [-0.2, 0) is 0 Å². The van der Waals surface area contributed by atoms with Crippen molar-refractivity contribution in [2.75, 3.05) is 7.11 Å². The fourth-order valence-corrected chi connectivity index (χ4v) is 3.29. The number of hydrogen-bond donors (Lipinski definition) is 0. The number of fused-ring (bicyclic) bond motifs is 1. The molecule has 0 aliphatic heterocycles. The normalized spacial score (nSPS) is 11.0. The van der Waals surface area contributed by atoms with Crippen molar-refractivity contribution in [3.63, 3.8) is 0 Å². The molecule has 0 spiro atoms. The minimum atomic E-state index is 0.787. The molecule has 3 heterocycles. The van der Waals surface area contributed by atoms with Gasteiger partial charge >= 0.3 is 0 Å². The van der Waals surface area contributed by atoms with E-state index >= 15 is 0 Å². The van der Waals surface area contributed by atoms with E-state index in [1.807, 2.05) is 24.4 Å². The molecular formula is C18H14N2OS. The minimum Gasteiger partial charge on any atom is -0.482 e. The Balaban J connectivity index is 1.96. The van der Waals surface area contributed by atoms with Crippen molar-refractivity contribution in [2.45, 2.75) is 0 Å². The van der Waals surface area contributed by atoms with Gasteiger partial charge in [0.05, 0.1) is 19.0 Å². The van der Waals surface area contributed by atoms with Gasteiger partial charge in [0, 0.05) is 17.0 Å². The largest absolute Gasteiger partial charge is 0.482 e. The van der Waals surface area contributed by atoms with E-state index in [0.717, 1.165) is 33.9 Å². The first-order valence-electron chi connectivity index (χ1n) is 7.00. The van der Waals surface area contributed by atoms with Crippen LogP contribution in [0.1, 0.15) is 0 Å². The Kier molecular flexibility index (Phi) is 3.16. The van der Waals surface area contributed by atoms with Crippen LogP contribution in [0, 0.1) is 0 Å². The molecule has 108 valence electrons. The smallest absolute Gasteiger partial charge is 0.200 e. The summed E-state index contributed by atoms with van der Waals surface area (Å²) in [5.41, 5.74) is 5.35. The molecule has 4 aromatic rings. The third-order valence-corrected chi connectivity index (χ3v) is 4.39. The second kappa shape index (κ2) is 5.31. The maximum Gasteiger partial charge on any atom is 0.200 e. The van der Waals surface area contributed by atoms with E-state index in [1.54, 1.807) is 18.4 Å². The highest BCUT2D eigenvalue weighted by atomic mass is 32.1. The van der Waals surface area contributed by atoms with E-state index in [-0.39, 0.29) is 0 Å². The lowest BCUT2D eigenvalue weighted by Gasteiger charge is -2.10. The molecule has 0 saturated carbocycles. The SMILES string of the molecule is COc1cc(-c2ccccc2)cc2ncc(-c3ccsc3)n12. The van der Waals surface area contributed by atoms with Gasteiger partial charge in [-0.2, -0.15) is 11.3 Å². The second-order valence-corrected chi connectivity index (χ2v) is 5.78. The summed E-state index contributed by atoms with van der Waals surface area (Å²) in [6, 6.07) is 16.5. The van der Waals surface area contributed by atoms with Crippen LogP contribution in [0.5, 0.6) is 5.88 Å². The average Bonchev–Trinajstić information content (AvgIpc) is 3.23. The van der Waals surface area contributed by atoms with Crippen LogP contribution in [0.25, 0.3) is 28.0 Å². The first-order chi connectivity index (χ1) is 10.9. The Bertz CT molecular complexity index is 911. The van der Waals surface area contributed by atoms with E-state index in [2.05, 4.69) is 50.5 Å². The molecular weight excluding hydrogens is 292 g/mol.